The van der Waals surface area contributed by atoms with Gasteiger partial charge in [-0.05, 0) is 6.92 Å². The van der Waals surface area contributed by atoms with Crippen LogP contribution < -0.4 is 5.73 Å². The van der Waals surface area contributed by atoms with Gasteiger partial charge in [-0.3, -0.25) is 5.10 Å². The molecule has 0 radical (unpaired) electrons. The van der Waals surface area contributed by atoms with Crippen molar-refractivity contribution in [3.05, 3.63) is 18.0 Å². The van der Waals surface area contributed by atoms with E-state index in [9.17, 15) is 0 Å². The molecule has 1 unspecified atom stereocenters. The van der Waals surface area contributed by atoms with Gasteiger partial charge in [0.2, 0.25) is 0 Å². The van der Waals surface area contributed by atoms with Crippen LogP contribution in [0.3, 0.4) is 0 Å². The van der Waals surface area contributed by atoms with E-state index in [1.54, 1.807) is 19.5 Å². The predicted octanol–water partition coefficient (Wildman–Crippen LogP) is 0.230. The fourth-order valence-corrected chi connectivity index (χ4v) is 0.859. The normalized spacial score (nSPS) is 16.3. The van der Waals surface area contributed by atoms with E-state index >= 15 is 0 Å². The third-order valence-electron chi connectivity index (χ3n) is 1.95. The summed E-state index contributed by atoms with van der Waals surface area (Å²) in [5.41, 5.74) is 6.11. The lowest BCUT2D eigenvalue weighted by atomic mass is 10.00. The smallest absolute Gasteiger partial charge is 0.105 e. The summed E-state index contributed by atoms with van der Waals surface area (Å²) in [6.45, 7) is 2.38. The van der Waals surface area contributed by atoms with Gasteiger partial charge in [0.15, 0.2) is 0 Å². The molecule has 1 aromatic heterocycles. The number of aromatic amines is 1. The number of rotatable bonds is 3. The second kappa shape index (κ2) is 3.02. The third kappa shape index (κ3) is 1.41. The highest BCUT2D eigenvalue weighted by atomic mass is 16.5. The molecule has 3 N–H and O–H groups in total. The highest BCUT2D eigenvalue weighted by Gasteiger charge is 2.24. The van der Waals surface area contributed by atoms with Crippen LogP contribution in [0, 0.1) is 0 Å². The predicted molar refractivity (Wildman–Crippen MR) is 42.0 cm³/mol. The Hall–Kier alpha value is -0.870. The van der Waals surface area contributed by atoms with Crippen molar-refractivity contribution in [3.63, 3.8) is 0 Å². The first-order valence-electron chi connectivity index (χ1n) is 3.47. The summed E-state index contributed by atoms with van der Waals surface area (Å²) in [5, 5.41) is 6.54. The van der Waals surface area contributed by atoms with Crippen LogP contribution in [0.25, 0.3) is 0 Å². The summed E-state index contributed by atoms with van der Waals surface area (Å²) in [7, 11) is 1.64. The molecule has 11 heavy (non-hydrogen) atoms. The number of hydrogen-bond acceptors (Lipinski definition) is 3. The monoisotopic (exact) mass is 155 g/mol. The molecule has 0 spiro atoms. The van der Waals surface area contributed by atoms with Gasteiger partial charge in [-0.1, -0.05) is 0 Å². The SMILES string of the molecule is COC(C)(CN)c1cn[nH]c1. The lowest BCUT2D eigenvalue weighted by molar-refractivity contribution is 0.0101. The van der Waals surface area contributed by atoms with Gasteiger partial charge in [0.1, 0.15) is 5.60 Å². The minimum absolute atomic E-state index is 0.410. The fourth-order valence-electron chi connectivity index (χ4n) is 0.859. The molecule has 0 saturated carbocycles. The number of nitrogens with two attached hydrogens (primary N) is 1. The summed E-state index contributed by atoms with van der Waals surface area (Å²) in [6.07, 6.45) is 3.51. The maximum Gasteiger partial charge on any atom is 0.105 e. The Balaban J connectivity index is 2.87. The number of nitrogens with zero attached hydrogens (tertiary/aromatic N) is 1. The van der Waals surface area contributed by atoms with Gasteiger partial charge in [-0.2, -0.15) is 5.10 Å². The molecule has 1 heterocycles. The number of aromatic nitrogens is 2. The van der Waals surface area contributed by atoms with Crippen molar-refractivity contribution in [2.45, 2.75) is 12.5 Å². The lowest BCUT2D eigenvalue weighted by Gasteiger charge is -2.24. The van der Waals surface area contributed by atoms with E-state index in [1.807, 2.05) is 6.92 Å². The lowest BCUT2D eigenvalue weighted by Crippen LogP contribution is -2.33. The largest absolute Gasteiger partial charge is 0.372 e. The van der Waals surface area contributed by atoms with Crippen molar-refractivity contribution in [2.75, 3.05) is 13.7 Å². The quantitative estimate of drug-likeness (QED) is 0.656. The molecular formula is C7H13N3O. The molecule has 0 fully saturated rings. The van der Waals surface area contributed by atoms with E-state index in [1.165, 1.54) is 0 Å². The van der Waals surface area contributed by atoms with Gasteiger partial charge in [-0.25, -0.2) is 0 Å². The first-order chi connectivity index (χ1) is 5.23. The molecule has 1 aromatic rings. The fraction of sp³-hybridized carbons (Fsp3) is 0.571. The van der Waals surface area contributed by atoms with Crippen LogP contribution in [0.1, 0.15) is 12.5 Å². The highest BCUT2D eigenvalue weighted by Crippen LogP contribution is 2.21. The average Bonchev–Trinajstić information content (AvgIpc) is 2.55. The van der Waals surface area contributed by atoms with Crippen LogP contribution in [0.15, 0.2) is 12.4 Å². The Labute approximate surface area is 65.7 Å². The minimum Gasteiger partial charge on any atom is -0.372 e. The molecule has 1 atom stereocenters. The van der Waals surface area contributed by atoms with Gasteiger partial charge >= 0.3 is 0 Å². The number of nitrogens with one attached hydrogen (secondary N) is 1. The van der Waals surface area contributed by atoms with Crippen LogP contribution in [0.2, 0.25) is 0 Å². The number of H-pyrrole nitrogens is 1. The van der Waals surface area contributed by atoms with Crippen molar-refractivity contribution < 1.29 is 4.74 Å². The van der Waals surface area contributed by atoms with Crippen LogP contribution in [-0.4, -0.2) is 23.9 Å². The zero-order chi connectivity index (χ0) is 8.32. The van der Waals surface area contributed by atoms with Gasteiger partial charge in [0.25, 0.3) is 0 Å². The topological polar surface area (TPSA) is 63.9 Å². The highest BCUT2D eigenvalue weighted by molar-refractivity contribution is 5.13. The summed E-state index contributed by atoms with van der Waals surface area (Å²) in [6, 6.07) is 0. The standard InChI is InChI=1S/C7H13N3O/c1-7(5-8,11-2)6-3-9-10-4-6/h3-4H,5,8H2,1-2H3,(H,9,10). The maximum absolute atomic E-state index is 5.54. The van der Waals surface area contributed by atoms with Crippen molar-refractivity contribution in [2.24, 2.45) is 5.73 Å². The molecule has 0 aliphatic carbocycles. The summed E-state index contributed by atoms with van der Waals surface area (Å²) < 4.78 is 5.25. The number of ether oxygens (including phenoxy) is 1. The molecule has 4 nitrogen and oxygen atoms in total. The Morgan fingerprint density at radius 1 is 1.82 bits per heavy atom. The van der Waals surface area contributed by atoms with Crippen molar-refractivity contribution in [3.8, 4) is 0 Å². The molecular weight excluding hydrogens is 142 g/mol. The van der Waals surface area contributed by atoms with Crippen LogP contribution >= 0.6 is 0 Å². The summed E-state index contributed by atoms with van der Waals surface area (Å²) in [4.78, 5) is 0. The van der Waals surface area contributed by atoms with E-state index in [2.05, 4.69) is 10.2 Å². The molecule has 0 aliphatic rings. The van der Waals surface area contributed by atoms with E-state index in [0.717, 1.165) is 5.56 Å². The second-order valence-corrected chi connectivity index (χ2v) is 2.63. The molecule has 0 aromatic carbocycles. The second-order valence-electron chi connectivity index (χ2n) is 2.63. The van der Waals surface area contributed by atoms with E-state index < -0.39 is 5.60 Å². The molecule has 62 valence electrons. The molecule has 4 heteroatoms. The van der Waals surface area contributed by atoms with Gasteiger partial charge < -0.3 is 10.5 Å². The van der Waals surface area contributed by atoms with Crippen LogP contribution in [0.4, 0.5) is 0 Å². The van der Waals surface area contributed by atoms with Crippen LogP contribution in [-0.2, 0) is 10.3 Å². The van der Waals surface area contributed by atoms with Crippen molar-refractivity contribution >= 4 is 0 Å². The van der Waals surface area contributed by atoms with Gasteiger partial charge in [0.05, 0.1) is 6.20 Å². The Kier molecular flexibility index (Phi) is 2.26. The molecule has 0 aliphatic heterocycles. The summed E-state index contributed by atoms with van der Waals surface area (Å²) >= 11 is 0. The van der Waals surface area contributed by atoms with Crippen molar-refractivity contribution in [1.82, 2.24) is 10.2 Å². The van der Waals surface area contributed by atoms with E-state index in [4.69, 9.17) is 10.5 Å². The minimum atomic E-state index is -0.410. The molecule has 0 bridgehead atoms. The van der Waals surface area contributed by atoms with Crippen molar-refractivity contribution in [1.29, 1.82) is 0 Å². The Morgan fingerprint density at radius 3 is 2.91 bits per heavy atom. The average molecular weight is 155 g/mol. The maximum atomic E-state index is 5.54. The van der Waals surface area contributed by atoms with Gasteiger partial charge in [0, 0.05) is 25.4 Å². The molecule has 0 amide bonds. The van der Waals surface area contributed by atoms with Crippen LogP contribution in [0.5, 0.6) is 0 Å². The number of hydrogen-bond donors (Lipinski definition) is 2. The Bertz CT molecular complexity index is 203. The molecule has 0 saturated heterocycles. The first kappa shape index (κ1) is 8.23. The van der Waals surface area contributed by atoms with Gasteiger partial charge in [-0.15, -0.1) is 0 Å². The van der Waals surface area contributed by atoms with E-state index in [-0.39, 0.29) is 0 Å². The zero-order valence-electron chi connectivity index (χ0n) is 6.79. The number of methoxy groups -OCH3 is 1. The van der Waals surface area contributed by atoms with E-state index in [0.29, 0.717) is 6.54 Å². The first-order valence-corrected chi connectivity index (χ1v) is 3.47. The summed E-state index contributed by atoms with van der Waals surface area (Å²) in [5.74, 6) is 0. The molecule has 1 rings (SSSR count). The Morgan fingerprint density at radius 2 is 2.55 bits per heavy atom. The zero-order valence-corrected chi connectivity index (χ0v) is 6.79. The third-order valence-corrected chi connectivity index (χ3v) is 1.95.